The Labute approximate surface area is 148 Å². The Morgan fingerprint density at radius 3 is 2.80 bits per heavy atom. The average molecular weight is 366 g/mol. The number of amides is 2. The molecule has 1 atom stereocenters. The maximum Gasteiger partial charge on any atom is 0.337 e. The molecule has 0 bridgehead atoms. The number of ether oxygens (including phenoxy) is 1. The normalized spacial score (nSPS) is 17.2. The van der Waals surface area contributed by atoms with Crippen LogP contribution in [0.15, 0.2) is 42.1 Å². The van der Waals surface area contributed by atoms with E-state index in [9.17, 15) is 19.7 Å². The summed E-state index contributed by atoms with van der Waals surface area (Å²) in [6, 6.07) is 2.75. The van der Waals surface area contributed by atoms with Gasteiger partial charge in [0.1, 0.15) is 5.02 Å². The smallest absolute Gasteiger partial charge is 0.337 e. The van der Waals surface area contributed by atoms with E-state index in [0.29, 0.717) is 11.3 Å². The maximum atomic E-state index is 12.3. The Hall–Kier alpha value is -2.87. The van der Waals surface area contributed by atoms with Crippen LogP contribution in [0.5, 0.6) is 0 Å². The predicted octanol–water partition coefficient (Wildman–Crippen LogP) is 2.95. The largest absolute Gasteiger partial charge is 0.466 e. The van der Waals surface area contributed by atoms with Crippen LogP contribution in [0.2, 0.25) is 5.02 Å². The van der Waals surface area contributed by atoms with Gasteiger partial charge in [-0.2, -0.15) is 0 Å². The summed E-state index contributed by atoms with van der Waals surface area (Å²) in [5, 5.41) is 13.7. The molecular weight excluding hydrogens is 350 g/mol. The number of methoxy groups -OCH3 is 1. The molecule has 2 rings (SSSR count). The number of rotatable bonds is 5. The van der Waals surface area contributed by atoms with E-state index in [1.807, 2.05) is 0 Å². The first-order valence-corrected chi connectivity index (χ1v) is 7.61. The Kier molecular flexibility index (Phi) is 5.43. The molecule has 0 saturated carbocycles. The van der Waals surface area contributed by atoms with Crippen LogP contribution in [-0.4, -0.2) is 35.5 Å². The summed E-state index contributed by atoms with van der Waals surface area (Å²) in [7, 11) is 1.22. The second-order valence-electron chi connectivity index (χ2n) is 5.24. The number of allylic oxidation sites excluding steroid dienone is 1. The standard InChI is InChI=1S/C16H16ClN3O5/c1-4-7-19-9(2)13(15(21)25-3)14(18-16(19)22)10-5-6-11(17)12(8-10)20(23)24/h4-6,8,14H,1,7H2,2-3H3,(H,18,22)/t14-/m0/s1. The Bertz CT molecular complexity index is 790. The van der Waals surface area contributed by atoms with Crippen molar-refractivity contribution >= 4 is 29.3 Å². The highest BCUT2D eigenvalue weighted by Gasteiger charge is 2.36. The van der Waals surface area contributed by atoms with E-state index in [4.69, 9.17) is 16.3 Å². The number of esters is 1. The molecule has 1 aliphatic rings. The lowest BCUT2D eigenvalue weighted by Crippen LogP contribution is -2.48. The highest BCUT2D eigenvalue weighted by molar-refractivity contribution is 6.32. The second-order valence-corrected chi connectivity index (χ2v) is 5.65. The van der Waals surface area contributed by atoms with Crippen molar-refractivity contribution in [3.8, 4) is 0 Å². The van der Waals surface area contributed by atoms with Crippen molar-refractivity contribution in [2.75, 3.05) is 13.7 Å². The van der Waals surface area contributed by atoms with E-state index < -0.39 is 23.0 Å². The molecule has 1 heterocycles. The molecule has 8 nitrogen and oxygen atoms in total. The summed E-state index contributed by atoms with van der Waals surface area (Å²) < 4.78 is 4.81. The van der Waals surface area contributed by atoms with E-state index in [-0.39, 0.29) is 22.8 Å². The number of benzene rings is 1. The minimum Gasteiger partial charge on any atom is -0.466 e. The Morgan fingerprint density at radius 1 is 1.56 bits per heavy atom. The number of urea groups is 1. The van der Waals surface area contributed by atoms with Crippen molar-refractivity contribution in [1.29, 1.82) is 0 Å². The molecule has 1 aliphatic heterocycles. The first-order valence-electron chi connectivity index (χ1n) is 7.23. The molecule has 0 aliphatic carbocycles. The Balaban J connectivity index is 2.61. The number of carbonyl (C=O) groups is 2. The first kappa shape index (κ1) is 18.5. The molecule has 0 radical (unpaired) electrons. The SMILES string of the molecule is C=CCN1C(=O)N[C@@H](c2ccc(Cl)c([N+](=O)[O-])c2)C(C(=O)OC)=C1C. The van der Waals surface area contributed by atoms with Crippen LogP contribution in [0.1, 0.15) is 18.5 Å². The van der Waals surface area contributed by atoms with Crippen LogP contribution in [0.25, 0.3) is 0 Å². The van der Waals surface area contributed by atoms with Crippen molar-refractivity contribution < 1.29 is 19.2 Å². The van der Waals surface area contributed by atoms with E-state index >= 15 is 0 Å². The number of nitro groups is 1. The van der Waals surface area contributed by atoms with E-state index in [0.717, 1.165) is 0 Å². The number of nitrogens with zero attached hydrogens (tertiary/aromatic N) is 2. The van der Waals surface area contributed by atoms with Crippen LogP contribution < -0.4 is 5.32 Å². The van der Waals surface area contributed by atoms with Crippen LogP contribution in [0.3, 0.4) is 0 Å². The van der Waals surface area contributed by atoms with Gasteiger partial charge in [-0.15, -0.1) is 6.58 Å². The topological polar surface area (TPSA) is 102 Å². The van der Waals surface area contributed by atoms with E-state index in [2.05, 4.69) is 11.9 Å². The fraction of sp³-hybridized carbons (Fsp3) is 0.250. The molecule has 25 heavy (non-hydrogen) atoms. The van der Waals surface area contributed by atoms with E-state index in [1.54, 1.807) is 6.92 Å². The lowest BCUT2D eigenvalue weighted by Gasteiger charge is -2.34. The molecule has 132 valence electrons. The highest BCUT2D eigenvalue weighted by atomic mass is 35.5. The number of hydrogen-bond donors (Lipinski definition) is 1. The van der Waals surface area contributed by atoms with Gasteiger partial charge in [0.15, 0.2) is 0 Å². The minimum atomic E-state index is -0.892. The molecular formula is C16H16ClN3O5. The molecule has 1 aromatic rings. The maximum absolute atomic E-state index is 12.3. The monoisotopic (exact) mass is 365 g/mol. The third-order valence-corrected chi connectivity index (χ3v) is 4.13. The van der Waals surface area contributed by atoms with Gasteiger partial charge in [0.05, 0.1) is 23.6 Å². The van der Waals surface area contributed by atoms with Gasteiger partial charge in [0, 0.05) is 18.3 Å². The van der Waals surface area contributed by atoms with Crippen molar-refractivity contribution in [2.24, 2.45) is 0 Å². The zero-order chi connectivity index (χ0) is 18.7. The molecule has 0 spiro atoms. The van der Waals surface area contributed by atoms with Gasteiger partial charge in [0.25, 0.3) is 5.69 Å². The van der Waals surface area contributed by atoms with Crippen molar-refractivity contribution in [1.82, 2.24) is 10.2 Å². The van der Waals surface area contributed by atoms with Gasteiger partial charge in [-0.05, 0) is 18.6 Å². The molecule has 1 aromatic carbocycles. The van der Waals surface area contributed by atoms with Gasteiger partial charge in [-0.3, -0.25) is 15.0 Å². The van der Waals surface area contributed by atoms with Gasteiger partial charge in [0.2, 0.25) is 0 Å². The van der Waals surface area contributed by atoms with Crippen LogP contribution in [-0.2, 0) is 9.53 Å². The Morgan fingerprint density at radius 2 is 2.24 bits per heavy atom. The lowest BCUT2D eigenvalue weighted by atomic mass is 9.94. The summed E-state index contributed by atoms with van der Waals surface area (Å²) in [4.78, 5) is 36.4. The number of halogens is 1. The molecule has 9 heteroatoms. The van der Waals surface area contributed by atoms with Gasteiger partial charge < -0.3 is 10.1 Å². The molecule has 1 N–H and O–H groups in total. The molecule has 0 aromatic heterocycles. The molecule has 0 fully saturated rings. The van der Waals surface area contributed by atoms with Crippen LogP contribution in [0.4, 0.5) is 10.5 Å². The zero-order valence-electron chi connectivity index (χ0n) is 13.6. The minimum absolute atomic E-state index is 0.0375. The fourth-order valence-electron chi connectivity index (χ4n) is 2.60. The van der Waals surface area contributed by atoms with Crippen LogP contribution in [0, 0.1) is 10.1 Å². The second kappa shape index (κ2) is 7.35. The quantitative estimate of drug-likeness (QED) is 0.374. The summed E-state index contributed by atoms with van der Waals surface area (Å²) in [6.07, 6.45) is 1.52. The van der Waals surface area contributed by atoms with Crippen LogP contribution >= 0.6 is 11.6 Å². The number of nitro benzene ring substituents is 1. The predicted molar refractivity (Wildman–Crippen MR) is 91.0 cm³/mol. The van der Waals surface area contributed by atoms with Gasteiger partial charge >= 0.3 is 12.0 Å². The van der Waals surface area contributed by atoms with Crippen molar-refractivity contribution in [3.63, 3.8) is 0 Å². The third kappa shape index (κ3) is 3.48. The zero-order valence-corrected chi connectivity index (χ0v) is 14.4. The number of nitrogens with one attached hydrogen (secondary N) is 1. The molecule has 2 amide bonds. The van der Waals surface area contributed by atoms with Crippen molar-refractivity contribution in [2.45, 2.75) is 13.0 Å². The molecule has 0 unspecified atom stereocenters. The summed E-state index contributed by atoms with van der Waals surface area (Å²) in [5.41, 5.74) is 0.602. The van der Waals surface area contributed by atoms with E-state index in [1.165, 1.54) is 36.3 Å². The highest BCUT2D eigenvalue weighted by Crippen LogP contribution is 2.34. The summed E-state index contributed by atoms with van der Waals surface area (Å²) in [5.74, 6) is -0.644. The lowest BCUT2D eigenvalue weighted by molar-refractivity contribution is -0.384. The fourth-order valence-corrected chi connectivity index (χ4v) is 2.79. The number of hydrogen-bond acceptors (Lipinski definition) is 5. The summed E-state index contributed by atoms with van der Waals surface area (Å²) in [6.45, 7) is 5.38. The van der Waals surface area contributed by atoms with Crippen molar-refractivity contribution in [3.05, 3.63) is 62.8 Å². The number of carbonyl (C=O) groups excluding carboxylic acids is 2. The van der Waals surface area contributed by atoms with Gasteiger partial charge in [-0.1, -0.05) is 23.7 Å². The van der Waals surface area contributed by atoms with Gasteiger partial charge in [-0.25, -0.2) is 9.59 Å². The average Bonchev–Trinajstić information content (AvgIpc) is 2.57. The first-order chi connectivity index (χ1) is 11.8. The third-order valence-electron chi connectivity index (χ3n) is 3.81. The molecule has 0 saturated heterocycles. The summed E-state index contributed by atoms with van der Waals surface area (Å²) >= 11 is 5.83.